The van der Waals surface area contributed by atoms with Crippen LogP contribution in [0.4, 0.5) is 0 Å². The minimum absolute atomic E-state index is 0.0728. The van der Waals surface area contributed by atoms with Gasteiger partial charge in [0.15, 0.2) is 17.2 Å². The molecule has 10 heteroatoms. The van der Waals surface area contributed by atoms with Crippen LogP contribution in [-0.2, 0) is 4.79 Å². The lowest BCUT2D eigenvalue weighted by Gasteiger charge is -2.11. The molecular weight excluding hydrogens is 561 g/mol. The number of carbonyl (C=O) groups excluding carboxylic acids is 2. The number of benzene rings is 3. The summed E-state index contributed by atoms with van der Waals surface area (Å²) in [6.45, 7) is 1.95. The first-order valence-corrected chi connectivity index (χ1v) is 12.8. The lowest BCUT2D eigenvalue weighted by atomic mass is 10.1. The summed E-state index contributed by atoms with van der Waals surface area (Å²) in [5.74, 6) is 0.107. The molecular formula is C29H20Cl3N3O4. The molecule has 1 N–H and O–H groups in total. The summed E-state index contributed by atoms with van der Waals surface area (Å²) < 4.78 is 12.2. The summed E-state index contributed by atoms with van der Waals surface area (Å²) in [4.78, 5) is 25.6. The highest BCUT2D eigenvalue weighted by atomic mass is 35.5. The van der Waals surface area contributed by atoms with Crippen LogP contribution in [0.25, 0.3) is 23.0 Å². The van der Waals surface area contributed by atoms with E-state index >= 15 is 0 Å². The minimum atomic E-state index is -0.652. The molecule has 196 valence electrons. The van der Waals surface area contributed by atoms with Crippen molar-refractivity contribution in [3.8, 4) is 28.4 Å². The number of aromatic nitrogens is 2. The highest BCUT2D eigenvalue weighted by Gasteiger charge is 2.24. The Hall–Kier alpha value is -4.04. The second-order valence-corrected chi connectivity index (χ2v) is 9.77. The number of imide groups is 1. The molecule has 1 aliphatic rings. The Kier molecular flexibility index (Phi) is 7.74. The summed E-state index contributed by atoms with van der Waals surface area (Å²) in [7, 11) is 0. The molecule has 0 saturated heterocycles. The third kappa shape index (κ3) is 5.86. The van der Waals surface area contributed by atoms with Crippen molar-refractivity contribution in [3.05, 3.63) is 111 Å². The molecule has 0 spiro atoms. The van der Waals surface area contributed by atoms with E-state index in [-0.39, 0.29) is 12.5 Å². The number of hydrogen-bond acceptors (Lipinski definition) is 5. The molecule has 0 atom stereocenters. The molecule has 5 rings (SSSR count). The van der Waals surface area contributed by atoms with Gasteiger partial charge in [-0.25, -0.2) is 4.68 Å². The van der Waals surface area contributed by atoms with Crippen LogP contribution in [0.3, 0.4) is 0 Å². The van der Waals surface area contributed by atoms with Crippen LogP contribution >= 0.6 is 34.8 Å². The Bertz CT molecular complexity index is 1640. The number of fused-ring (bicyclic) bond motifs is 1. The highest BCUT2D eigenvalue weighted by molar-refractivity contribution is 6.35. The molecule has 0 saturated carbocycles. The predicted molar refractivity (Wildman–Crippen MR) is 152 cm³/mol. The summed E-state index contributed by atoms with van der Waals surface area (Å²) >= 11 is 18.6. The van der Waals surface area contributed by atoms with E-state index in [2.05, 4.69) is 10.4 Å². The van der Waals surface area contributed by atoms with E-state index < -0.39 is 11.8 Å². The standard InChI is InChI=1S/C29H20Cl3N3O4/c1-17-27(29(37)33-26(36)5-3-2-4-18-6-13-24-25(14-18)39-16-38-24)34-35(23-12-11-21(31)15-22(23)32)28(17)19-7-9-20(30)10-8-19/h2-15H,16H2,1H3,(H,33,36,37). The Morgan fingerprint density at radius 2 is 1.67 bits per heavy atom. The zero-order chi connectivity index (χ0) is 27.5. The van der Waals surface area contributed by atoms with Crippen LogP contribution in [0.2, 0.25) is 15.1 Å². The topological polar surface area (TPSA) is 82.5 Å². The second kappa shape index (κ2) is 11.4. The molecule has 0 radical (unpaired) electrons. The first-order chi connectivity index (χ1) is 18.8. The molecule has 0 aliphatic carbocycles. The quantitative estimate of drug-likeness (QED) is 0.195. The van der Waals surface area contributed by atoms with Crippen LogP contribution in [0.15, 0.2) is 78.9 Å². The van der Waals surface area contributed by atoms with E-state index in [4.69, 9.17) is 44.3 Å². The van der Waals surface area contributed by atoms with Crippen LogP contribution in [-0.4, -0.2) is 28.4 Å². The van der Waals surface area contributed by atoms with E-state index in [1.54, 1.807) is 54.1 Å². The van der Waals surface area contributed by atoms with Crippen molar-refractivity contribution in [1.82, 2.24) is 15.1 Å². The maximum Gasteiger partial charge on any atom is 0.278 e. The Labute approximate surface area is 239 Å². The summed E-state index contributed by atoms with van der Waals surface area (Å²) in [6.07, 6.45) is 6.27. The van der Waals surface area contributed by atoms with Gasteiger partial charge in [-0.05, 0) is 55.0 Å². The predicted octanol–water partition coefficient (Wildman–Crippen LogP) is 7.06. The highest BCUT2D eigenvalue weighted by Crippen LogP contribution is 2.34. The molecule has 3 aromatic carbocycles. The van der Waals surface area contributed by atoms with Crippen LogP contribution < -0.4 is 14.8 Å². The number of amides is 2. The van der Waals surface area contributed by atoms with Crippen molar-refractivity contribution >= 4 is 52.7 Å². The van der Waals surface area contributed by atoms with E-state index in [0.717, 1.165) is 11.1 Å². The van der Waals surface area contributed by atoms with Gasteiger partial charge in [-0.3, -0.25) is 14.9 Å². The summed E-state index contributed by atoms with van der Waals surface area (Å²) in [6, 6.07) is 17.6. The number of halogens is 3. The smallest absolute Gasteiger partial charge is 0.278 e. The first kappa shape index (κ1) is 26.6. The van der Waals surface area contributed by atoms with Crippen LogP contribution in [0, 0.1) is 6.92 Å². The van der Waals surface area contributed by atoms with Gasteiger partial charge in [-0.1, -0.05) is 71.2 Å². The van der Waals surface area contributed by atoms with Gasteiger partial charge in [0, 0.05) is 27.2 Å². The molecule has 2 heterocycles. The SMILES string of the molecule is Cc1c(C(=O)NC(=O)C=CC=Cc2ccc3c(c2)OCO3)nn(-c2ccc(Cl)cc2Cl)c1-c1ccc(Cl)cc1. The fourth-order valence-electron chi connectivity index (χ4n) is 4.02. The number of carbonyl (C=O) groups is 2. The van der Waals surface area contributed by atoms with Gasteiger partial charge in [0.2, 0.25) is 6.79 Å². The maximum absolute atomic E-state index is 13.1. The van der Waals surface area contributed by atoms with Crippen molar-refractivity contribution in [2.75, 3.05) is 6.79 Å². The Morgan fingerprint density at radius 3 is 2.44 bits per heavy atom. The van der Waals surface area contributed by atoms with E-state index in [1.807, 2.05) is 30.3 Å². The van der Waals surface area contributed by atoms with Crippen molar-refractivity contribution < 1.29 is 19.1 Å². The minimum Gasteiger partial charge on any atom is -0.454 e. The molecule has 0 unspecified atom stereocenters. The zero-order valence-electron chi connectivity index (χ0n) is 20.5. The Balaban J connectivity index is 1.37. The average molecular weight is 581 g/mol. The molecule has 39 heavy (non-hydrogen) atoms. The van der Waals surface area contributed by atoms with Crippen molar-refractivity contribution in [2.45, 2.75) is 6.92 Å². The number of allylic oxidation sites excluding steroid dienone is 2. The number of ether oxygens (including phenoxy) is 2. The molecule has 0 fully saturated rings. The summed E-state index contributed by atoms with van der Waals surface area (Å²) in [5.41, 5.74) is 3.40. The average Bonchev–Trinajstić information content (AvgIpc) is 3.51. The molecule has 7 nitrogen and oxygen atoms in total. The van der Waals surface area contributed by atoms with Gasteiger partial charge in [-0.15, -0.1) is 0 Å². The lowest BCUT2D eigenvalue weighted by molar-refractivity contribution is -0.115. The van der Waals surface area contributed by atoms with Gasteiger partial charge in [0.25, 0.3) is 11.8 Å². The number of hydrogen-bond donors (Lipinski definition) is 1. The first-order valence-electron chi connectivity index (χ1n) is 11.7. The number of nitrogens with zero attached hydrogens (tertiary/aromatic N) is 2. The van der Waals surface area contributed by atoms with E-state index in [9.17, 15) is 9.59 Å². The van der Waals surface area contributed by atoms with Gasteiger partial charge >= 0.3 is 0 Å². The lowest BCUT2D eigenvalue weighted by Crippen LogP contribution is -2.29. The van der Waals surface area contributed by atoms with Gasteiger partial charge < -0.3 is 9.47 Å². The fourth-order valence-corrected chi connectivity index (χ4v) is 4.64. The molecule has 1 aromatic heterocycles. The van der Waals surface area contributed by atoms with Gasteiger partial charge in [0.1, 0.15) is 0 Å². The normalized spacial score (nSPS) is 12.4. The van der Waals surface area contributed by atoms with Crippen molar-refractivity contribution in [1.29, 1.82) is 0 Å². The number of rotatable bonds is 6. The molecule has 0 bridgehead atoms. The summed E-state index contributed by atoms with van der Waals surface area (Å²) in [5, 5.41) is 8.25. The largest absolute Gasteiger partial charge is 0.454 e. The van der Waals surface area contributed by atoms with Gasteiger partial charge in [-0.2, -0.15) is 5.10 Å². The van der Waals surface area contributed by atoms with Gasteiger partial charge in [0.05, 0.1) is 16.4 Å². The zero-order valence-corrected chi connectivity index (χ0v) is 22.7. The fraction of sp³-hybridized carbons (Fsp3) is 0.0690. The second-order valence-electron chi connectivity index (χ2n) is 8.49. The van der Waals surface area contributed by atoms with Crippen LogP contribution in [0.1, 0.15) is 21.6 Å². The molecule has 1 aliphatic heterocycles. The Morgan fingerprint density at radius 1 is 0.923 bits per heavy atom. The number of nitrogens with one attached hydrogen (secondary N) is 1. The van der Waals surface area contributed by atoms with Crippen molar-refractivity contribution in [2.24, 2.45) is 0 Å². The third-order valence-corrected chi connectivity index (χ3v) is 6.66. The maximum atomic E-state index is 13.1. The van der Waals surface area contributed by atoms with Crippen molar-refractivity contribution in [3.63, 3.8) is 0 Å². The van der Waals surface area contributed by atoms with Crippen LogP contribution in [0.5, 0.6) is 11.5 Å². The monoisotopic (exact) mass is 579 g/mol. The molecule has 2 amide bonds. The van der Waals surface area contributed by atoms with E-state index in [0.29, 0.717) is 43.5 Å². The van der Waals surface area contributed by atoms with E-state index in [1.165, 1.54) is 12.2 Å². The third-order valence-electron chi connectivity index (χ3n) is 5.87. The molecule has 4 aromatic rings.